The number of halogens is 5. The van der Waals surface area contributed by atoms with Gasteiger partial charge in [0.2, 0.25) is 5.91 Å². The van der Waals surface area contributed by atoms with E-state index in [-0.39, 0.29) is 23.9 Å². The zero-order chi connectivity index (χ0) is 25.0. The van der Waals surface area contributed by atoms with Crippen molar-refractivity contribution in [2.75, 3.05) is 26.2 Å². The van der Waals surface area contributed by atoms with Crippen LogP contribution in [0.1, 0.15) is 23.6 Å². The van der Waals surface area contributed by atoms with Gasteiger partial charge in [0, 0.05) is 42.8 Å². The predicted molar refractivity (Wildman–Crippen MR) is 116 cm³/mol. The third-order valence-electron chi connectivity index (χ3n) is 5.49. The highest BCUT2D eigenvalue weighted by Gasteiger charge is 2.34. The summed E-state index contributed by atoms with van der Waals surface area (Å²) in [7, 11) is 0. The molecule has 2 aromatic carbocycles. The number of carbonyl (C=O) groups is 2. The molecule has 1 amide bonds. The van der Waals surface area contributed by atoms with Gasteiger partial charge < -0.3 is 14.7 Å². The molecule has 0 spiro atoms. The van der Waals surface area contributed by atoms with Gasteiger partial charge in [0.15, 0.2) is 6.61 Å². The summed E-state index contributed by atoms with van der Waals surface area (Å²) in [6.45, 7) is 3.15. The molecular weight excluding hydrogens is 480 g/mol. The first-order valence-corrected chi connectivity index (χ1v) is 10.8. The zero-order valence-electron chi connectivity index (χ0n) is 18.2. The van der Waals surface area contributed by atoms with Crippen LogP contribution in [0.2, 0.25) is 5.02 Å². The summed E-state index contributed by atoms with van der Waals surface area (Å²) in [6, 6.07) is 7.21. The van der Waals surface area contributed by atoms with Crippen LogP contribution in [0, 0.1) is 5.82 Å². The van der Waals surface area contributed by atoms with Crippen LogP contribution in [-0.2, 0) is 28.7 Å². The van der Waals surface area contributed by atoms with E-state index in [1.165, 1.54) is 0 Å². The Hall–Kier alpha value is -2.85. The lowest BCUT2D eigenvalue weighted by molar-refractivity contribution is -0.140. The Morgan fingerprint density at radius 1 is 1.18 bits per heavy atom. The number of hydrogen-bond donors (Lipinski definition) is 1. The number of rotatable bonds is 7. The van der Waals surface area contributed by atoms with Crippen LogP contribution in [0.3, 0.4) is 0 Å². The minimum absolute atomic E-state index is 0.171. The summed E-state index contributed by atoms with van der Waals surface area (Å²) in [4.78, 5) is 27.3. The maximum Gasteiger partial charge on any atom is 0.419 e. The third-order valence-corrected chi connectivity index (χ3v) is 5.73. The molecule has 0 unspecified atom stereocenters. The van der Waals surface area contributed by atoms with E-state index in [9.17, 15) is 27.2 Å². The van der Waals surface area contributed by atoms with Gasteiger partial charge in [-0.2, -0.15) is 13.2 Å². The van der Waals surface area contributed by atoms with Gasteiger partial charge in [-0.1, -0.05) is 17.7 Å². The Morgan fingerprint density at radius 3 is 2.53 bits per heavy atom. The first kappa shape index (κ1) is 25.8. The standard InChI is InChI=1S/C23H23ClF4N2O4/c1-14-11-29(12-16-10-17(24)3-5-20(16)34-13-22(32)33)6-7-30(14)21(31)9-15-2-4-18(19(25)8-15)23(26,27)28/h2-5,8,10,14H,6-7,9,11-13H2,1H3,(H,32,33)/t14-/m0/s1. The second-order valence-corrected chi connectivity index (χ2v) is 8.53. The molecule has 0 bridgehead atoms. The number of benzene rings is 2. The van der Waals surface area contributed by atoms with E-state index >= 15 is 0 Å². The summed E-state index contributed by atoms with van der Waals surface area (Å²) in [5.41, 5.74) is -0.483. The van der Waals surface area contributed by atoms with Crippen molar-refractivity contribution in [1.29, 1.82) is 0 Å². The molecule has 34 heavy (non-hydrogen) atoms. The number of piperazine rings is 1. The first-order chi connectivity index (χ1) is 15.9. The van der Waals surface area contributed by atoms with Crippen LogP contribution in [-0.4, -0.2) is 59.1 Å². The molecular formula is C23H23ClF4N2O4. The summed E-state index contributed by atoms with van der Waals surface area (Å²) in [5, 5.41) is 9.33. The fourth-order valence-corrected chi connectivity index (χ4v) is 4.11. The lowest BCUT2D eigenvalue weighted by Crippen LogP contribution is -2.54. The second-order valence-electron chi connectivity index (χ2n) is 8.09. The van der Waals surface area contributed by atoms with Crippen LogP contribution < -0.4 is 4.74 Å². The average Bonchev–Trinajstić information content (AvgIpc) is 2.72. The summed E-state index contributed by atoms with van der Waals surface area (Å²) in [5.74, 6) is -2.41. The molecule has 1 aliphatic heterocycles. The van der Waals surface area contributed by atoms with Crippen molar-refractivity contribution >= 4 is 23.5 Å². The summed E-state index contributed by atoms with van der Waals surface area (Å²) < 4.78 is 57.4. The number of amides is 1. The lowest BCUT2D eigenvalue weighted by Gasteiger charge is -2.40. The first-order valence-electron chi connectivity index (χ1n) is 10.4. The number of carbonyl (C=O) groups excluding carboxylic acids is 1. The normalized spacial score (nSPS) is 17.0. The highest BCUT2D eigenvalue weighted by atomic mass is 35.5. The Labute approximate surface area is 198 Å². The van der Waals surface area contributed by atoms with Crippen molar-refractivity contribution in [3.8, 4) is 5.75 Å². The molecule has 11 heteroatoms. The summed E-state index contributed by atoms with van der Waals surface area (Å²) >= 11 is 6.08. The molecule has 0 saturated carbocycles. The Kier molecular flexibility index (Phi) is 8.04. The van der Waals surface area contributed by atoms with Crippen molar-refractivity contribution in [2.24, 2.45) is 0 Å². The van der Waals surface area contributed by atoms with Gasteiger partial charge in [0.05, 0.1) is 12.0 Å². The van der Waals surface area contributed by atoms with Crippen LogP contribution in [0.15, 0.2) is 36.4 Å². The van der Waals surface area contributed by atoms with Crippen LogP contribution in [0.5, 0.6) is 5.75 Å². The minimum atomic E-state index is -4.79. The molecule has 3 rings (SSSR count). The van der Waals surface area contributed by atoms with E-state index in [1.54, 1.807) is 23.1 Å². The average molecular weight is 503 g/mol. The molecule has 2 aromatic rings. The Balaban J connectivity index is 1.61. The fraction of sp³-hybridized carbons (Fsp3) is 0.391. The van der Waals surface area contributed by atoms with Crippen LogP contribution >= 0.6 is 11.6 Å². The Morgan fingerprint density at radius 2 is 1.91 bits per heavy atom. The van der Waals surface area contributed by atoms with E-state index in [0.29, 0.717) is 48.6 Å². The minimum Gasteiger partial charge on any atom is -0.482 e. The number of alkyl halides is 3. The van der Waals surface area contributed by atoms with E-state index in [0.717, 1.165) is 12.1 Å². The maximum absolute atomic E-state index is 13.8. The zero-order valence-corrected chi connectivity index (χ0v) is 19.0. The molecule has 1 atom stereocenters. The van der Waals surface area contributed by atoms with Crippen molar-refractivity contribution in [2.45, 2.75) is 32.1 Å². The molecule has 6 nitrogen and oxygen atoms in total. The summed E-state index contributed by atoms with van der Waals surface area (Å²) in [6.07, 6.45) is -5.00. The smallest absolute Gasteiger partial charge is 0.419 e. The highest BCUT2D eigenvalue weighted by Crippen LogP contribution is 2.32. The molecule has 0 aromatic heterocycles. The molecule has 0 radical (unpaired) electrons. The van der Waals surface area contributed by atoms with Crippen molar-refractivity contribution < 1.29 is 37.0 Å². The highest BCUT2D eigenvalue weighted by molar-refractivity contribution is 6.30. The number of nitrogens with zero attached hydrogens (tertiary/aromatic N) is 2. The molecule has 1 saturated heterocycles. The number of ether oxygens (including phenoxy) is 1. The van der Waals surface area contributed by atoms with Crippen molar-refractivity contribution in [3.05, 3.63) is 63.9 Å². The largest absolute Gasteiger partial charge is 0.482 e. The van der Waals surface area contributed by atoms with Crippen molar-refractivity contribution in [3.63, 3.8) is 0 Å². The molecule has 184 valence electrons. The van der Waals surface area contributed by atoms with Crippen LogP contribution in [0.4, 0.5) is 17.6 Å². The van der Waals surface area contributed by atoms with Gasteiger partial charge in [-0.25, -0.2) is 9.18 Å². The number of hydrogen-bond acceptors (Lipinski definition) is 4. The van der Waals surface area contributed by atoms with Gasteiger partial charge in [0.1, 0.15) is 11.6 Å². The van der Waals surface area contributed by atoms with Gasteiger partial charge >= 0.3 is 12.1 Å². The van der Waals surface area contributed by atoms with Gasteiger partial charge in [-0.05, 0) is 42.8 Å². The molecule has 0 aliphatic carbocycles. The van der Waals surface area contributed by atoms with E-state index in [4.69, 9.17) is 21.4 Å². The molecule has 1 heterocycles. The molecule has 1 fully saturated rings. The Bertz CT molecular complexity index is 1060. The fourth-order valence-electron chi connectivity index (χ4n) is 3.91. The van der Waals surface area contributed by atoms with E-state index < -0.39 is 30.1 Å². The number of aliphatic carboxylic acids is 1. The van der Waals surface area contributed by atoms with Gasteiger partial charge in [0.25, 0.3) is 0 Å². The number of carboxylic acid groups (broad SMARTS) is 1. The van der Waals surface area contributed by atoms with Gasteiger partial charge in [-0.3, -0.25) is 9.69 Å². The quantitative estimate of drug-likeness (QED) is 0.574. The lowest BCUT2D eigenvalue weighted by atomic mass is 10.1. The van der Waals surface area contributed by atoms with Gasteiger partial charge in [-0.15, -0.1) is 0 Å². The monoisotopic (exact) mass is 502 g/mol. The predicted octanol–water partition coefficient (Wildman–Crippen LogP) is 4.24. The van der Waals surface area contributed by atoms with E-state index in [2.05, 4.69) is 4.90 Å². The molecule has 1 N–H and O–H groups in total. The van der Waals surface area contributed by atoms with E-state index in [1.807, 2.05) is 6.92 Å². The van der Waals surface area contributed by atoms with Crippen molar-refractivity contribution in [1.82, 2.24) is 9.80 Å². The maximum atomic E-state index is 13.8. The third kappa shape index (κ3) is 6.60. The molecule has 1 aliphatic rings. The number of carboxylic acids is 1. The SMILES string of the molecule is C[C@H]1CN(Cc2cc(Cl)ccc2OCC(=O)O)CCN1C(=O)Cc1ccc(C(F)(F)F)c(F)c1. The van der Waals surface area contributed by atoms with Crippen LogP contribution in [0.25, 0.3) is 0 Å². The topological polar surface area (TPSA) is 70.1 Å². The second kappa shape index (κ2) is 10.6.